The molecule has 2 aliphatic heterocycles. The number of aromatic nitrogens is 2. The van der Waals surface area contributed by atoms with Gasteiger partial charge in [0.05, 0.1) is 19.0 Å². The van der Waals surface area contributed by atoms with Crippen molar-refractivity contribution in [1.82, 2.24) is 9.97 Å². The molecule has 140 valence electrons. The highest BCUT2D eigenvalue weighted by Gasteiger charge is 2.22. The normalized spacial score (nSPS) is 11.9. The molecule has 2 heterocycles. The van der Waals surface area contributed by atoms with Gasteiger partial charge >= 0.3 is 0 Å². The topological polar surface area (TPSA) is 31.6 Å². The van der Waals surface area contributed by atoms with Gasteiger partial charge in [0.2, 0.25) is 0 Å². The van der Waals surface area contributed by atoms with E-state index in [1.807, 2.05) is 0 Å². The summed E-state index contributed by atoms with van der Waals surface area (Å²) in [6, 6.07) is 21.7. The molecule has 2 aromatic carbocycles. The van der Waals surface area contributed by atoms with Gasteiger partial charge in [0.25, 0.3) is 0 Å². The van der Waals surface area contributed by atoms with Crippen LogP contribution in [0.15, 0.2) is 92.1 Å². The molecule has 0 saturated heterocycles. The largest absolute Gasteiger partial charge is 0.354 e. The lowest BCUT2D eigenvalue weighted by molar-refractivity contribution is 1.16. The number of nitrogens with one attached hydrogen (secondary N) is 2. The molecule has 0 fully saturated rings. The minimum atomic E-state index is 0.991. The van der Waals surface area contributed by atoms with Gasteiger partial charge in [0.1, 0.15) is 0 Å². The first-order chi connectivity index (χ1) is 14.2. The molecule has 2 nitrogen and oxygen atoms in total. The second-order valence-electron chi connectivity index (χ2n) is 7.08. The van der Waals surface area contributed by atoms with Crippen LogP contribution in [0, 0.1) is 0 Å². The Kier molecular flexibility index (Phi) is 4.05. The van der Waals surface area contributed by atoms with E-state index in [9.17, 15) is 0 Å². The Hall–Kier alpha value is -2.21. The maximum atomic E-state index is 3.75. The number of aromatic amines is 2. The summed E-state index contributed by atoms with van der Waals surface area (Å²) in [6.45, 7) is 0. The minimum absolute atomic E-state index is 0.991. The van der Waals surface area contributed by atoms with Gasteiger partial charge in [-0.05, 0) is 65.5 Å². The summed E-state index contributed by atoms with van der Waals surface area (Å²) in [5.41, 5.74) is 4.99. The van der Waals surface area contributed by atoms with Crippen LogP contribution in [0.4, 0.5) is 0 Å². The number of hydrogen-bond donors (Lipinski definition) is 2. The van der Waals surface area contributed by atoms with E-state index in [1.54, 1.807) is 11.8 Å². The number of fused-ring (bicyclic) bond motifs is 6. The molecule has 5 heteroatoms. The highest BCUT2D eigenvalue weighted by molar-refractivity contribution is 9.10. The maximum absolute atomic E-state index is 3.75. The van der Waals surface area contributed by atoms with Gasteiger partial charge in [-0.15, -0.1) is 0 Å². The predicted molar refractivity (Wildman–Crippen MR) is 129 cm³/mol. The maximum Gasteiger partial charge on any atom is 0.0967 e. The molecule has 29 heavy (non-hydrogen) atoms. The summed E-state index contributed by atoms with van der Waals surface area (Å²) in [5, 5.41) is 5.07. The Morgan fingerprint density at radius 2 is 1.03 bits per heavy atom. The zero-order valence-electron chi connectivity index (χ0n) is 15.1. The number of pyridine rings is 2. The molecule has 0 saturated carbocycles. The van der Waals surface area contributed by atoms with Crippen molar-refractivity contribution in [2.75, 3.05) is 0 Å². The predicted octanol–water partition coefficient (Wildman–Crippen LogP) is 8.54. The minimum Gasteiger partial charge on any atom is -0.354 e. The number of halogens is 2. The first-order valence-corrected chi connectivity index (χ1v) is 11.7. The summed E-state index contributed by atoms with van der Waals surface area (Å²) >= 11 is 9.28. The fourth-order valence-electron chi connectivity index (χ4n) is 4.12. The van der Waals surface area contributed by atoms with Crippen molar-refractivity contribution in [3.05, 3.63) is 82.3 Å². The smallest absolute Gasteiger partial charge is 0.0967 e. The Bertz CT molecular complexity index is 1350. The van der Waals surface area contributed by atoms with Gasteiger partial charge < -0.3 is 9.97 Å². The Labute approximate surface area is 188 Å². The average Bonchev–Trinajstić information content (AvgIpc) is 3.30. The molecule has 0 aromatic heterocycles. The molecule has 2 N–H and O–H groups in total. The molecule has 2 aliphatic carbocycles. The third kappa shape index (κ3) is 2.68. The summed E-state index contributed by atoms with van der Waals surface area (Å²) in [5.74, 6) is 0. The summed E-state index contributed by atoms with van der Waals surface area (Å²) < 4.78 is 1.98. The number of H-pyrrole nitrogens is 2. The third-order valence-corrected chi connectivity index (χ3v) is 8.49. The van der Waals surface area contributed by atoms with Gasteiger partial charge in [-0.25, -0.2) is 0 Å². The number of benzene rings is 2. The highest BCUT2D eigenvalue weighted by atomic mass is 79.9. The van der Waals surface area contributed by atoms with E-state index in [0.717, 1.165) is 9.21 Å². The van der Waals surface area contributed by atoms with E-state index in [1.165, 1.54) is 53.6 Å². The fraction of sp³-hybridized carbons (Fsp3) is 0. The van der Waals surface area contributed by atoms with Gasteiger partial charge in [-0.1, -0.05) is 60.3 Å². The monoisotopic (exact) mass is 520 g/mol. The van der Waals surface area contributed by atoms with E-state index < -0.39 is 0 Å². The molecule has 0 amide bonds. The second kappa shape index (κ2) is 6.66. The van der Waals surface area contributed by atoms with Crippen molar-refractivity contribution in [2.24, 2.45) is 0 Å². The molecule has 2 aromatic rings. The fourth-order valence-corrected chi connectivity index (χ4v) is 6.32. The second-order valence-corrected chi connectivity index (χ2v) is 9.69. The third-order valence-electron chi connectivity index (χ3n) is 5.46. The molecular weight excluding hydrogens is 508 g/mol. The van der Waals surface area contributed by atoms with Crippen molar-refractivity contribution in [1.29, 1.82) is 0 Å². The number of rotatable bonds is 2. The van der Waals surface area contributed by atoms with Crippen molar-refractivity contribution >= 4 is 65.2 Å². The lowest BCUT2D eigenvalue weighted by atomic mass is 10.1. The van der Waals surface area contributed by atoms with Crippen LogP contribution >= 0.6 is 43.6 Å². The van der Waals surface area contributed by atoms with Crippen LogP contribution in [0.3, 0.4) is 0 Å². The average molecular weight is 522 g/mol. The lowest BCUT2D eigenvalue weighted by Gasteiger charge is -2.15. The molecule has 4 aliphatic rings. The zero-order valence-corrected chi connectivity index (χ0v) is 19.1. The van der Waals surface area contributed by atoms with Crippen LogP contribution in [0.5, 0.6) is 0 Å². The van der Waals surface area contributed by atoms with Crippen LogP contribution in [0.2, 0.25) is 0 Å². The molecule has 0 unspecified atom stereocenters. The van der Waals surface area contributed by atoms with Crippen molar-refractivity contribution < 1.29 is 0 Å². The summed E-state index contributed by atoms with van der Waals surface area (Å²) in [6.07, 6.45) is 4.18. The molecule has 0 bridgehead atoms. The van der Waals surface area contributed by atoms with Crippen LogP contribution in [-0.4, -0.2) is 9.97 Å². The van der Waals surface area contributed by atoms with Gasteiger partial charge in [-0.3, -0.25) is 0 Å². The Morgan fingerprint density at radius 3 is 1.52 bits per heavy atom. The first-order valence-electron chi connectivity index (χ1n) is 9.25. The summed E-state index contributed by atoms with van der Waals surface area (Å²) in [7, 11) is 0. The molecule has 6 rings (SSSR count). The lowest BCUT2D eigenvalue weighted by Crippen LogP contribution is -1.91. The van der Waals surface area contributed by atoms with Gasteiger partial charge in [0, 0.05) is 34.6 Å². The first kappa shape index (κ1) is 17.6. The standard InChI is InChI=1S/C24H14Br2N2S/c25-23-21(17-9-13-5-1-3-7-15(13)19(17)11-27-23)29-22-18-10-14-6-2-4-8-16(14)20(18)12-28-24(22)26/h1-12,27-28H. The van der Waals surface area contributed by atoms with Crippen LogP contribution < -0.4 is 0 Å². The summed E-state index contributed by atoms with van der Waals surface area (Å²) in [4.78, 5) is 9.18. The van der Waals surface area contributed by atoms with E-state index >= 15 is 0 Å². The molecule has 0 atom stereocenters. The van der Waals surface area contributed by atoms with Gasteiger partial charge in [0.15, 0.2) is 0 Å². The van der Waals surface area contributed by atoms with Crippen molar-refractivity contribution in [3.8, 4) is 22.3 Å². The molecule has 0 spiro atoms. The van der Waals surface area contributed by atoms with Crippen LogP contribution in [0.25, 0.3) is 43.8 Å². The Balaban J connectivity index is 1.58. The zero-order chi connectivity index (χ0) is 19.5. The quantitative estimate of drug-likeness (QED) is 0.220. The number of hydrogen-bond acceptors (Lipinski definition) is 1. The van der Waals surface area contributed by atoms with Crippen molar-refractivity contribution in [2.45, 2.75) is 9.79 Å². The highest BCUT2D eigenvalue weighted by Crippen LogP contribution is 2.50. The van der Waals surface area contributed by atoms with E-state index in [2.05, 4.69) is 115 Å². The Morgan fingerprint density at radius 1 is 0.586 bits per heavy atom. The molecule has 0 radical (unpaired) electrons. The molecular formula is C24H14Br2N2S. The van der Waals surface area contributed by atoms with Crippen molar-refractivity contribution in [3.63, 3.8) is 0 Å². The van der Waals surface area contributed by atoms with Crippen LogP contribution in [-0.2, 0) is 0 Å². The SMILES string of the molecule is Brc1[nH]cc2c3ccccc3cc-2c1Sc1c2cc3ccccc3c-2c[nH]c1Br. The van der Waals surface area contributed by atoms with E-state index in [0.29, 0.717) is 0 Å². The van der Waals surface area contributed by atoms with Crippen LogP contribution in [0.1, 0.15) is 0 Å². The van der Waals surface area contributed by atoms with Gasteiger partial charge in [-0.2, -0.15) is 0 Å². The van der Waals surface area contributed by atoms with E-state index in [-0.39, 0.29) is 0 Å². The van der Waals surface area contributed by atoms with E-state index in [4.69, 9.17) is 0 Å².